The highest BCUT2D eigenvalue weighted by Gasteiger charge is 2.42. The molecule has 1 nitrogen and oxygen atoms in total. The Hall–Kier alpha value is -1.12. The van der Waals surface area contributed by atoms with Crippen molar-refractivity contribution in [3.05, 3.63) is 41.3 Å². The largest absolute Gasteiger partial charge is 0.302 e. The highest BCUT2D eigenvalue weighted by atomic mass is 32.1. The van der Waals surface area contributed by atoms with Crippen LogP contribution in [0, 0.1) is 11.3 Å². The predicted molar refractivity (Wildman–Crippen MR) is 99.9 cm³/mol. The number of rotatable bonds is 3. The Morgan fingerprint density at radius 3 is 3.00 bits per heavy atom. The fraction of sp³-hybridized carbons (Fsp3) is 0.524. The van der Waals surface area contributed by atoms with Crippen molar-refractivity contribution in [2.24, 2.45) is 11.3 Å². The van der Waals surface area contributed by atoms with Crippen LogP contribution in [0.25, 0.3) is 15.7 Å². The van der Waals surface area contributed by atoms with Crippen molar-refractivity contribution in [2.75, 3.05) is 19.6 Å². The van der Waals surface area contributed by atoms with E-state index < -0.39 is 0 Å². The van der Waals surface area contributed by atoms with Gasteiger partial charge in [0.05, 0.1) is 0 Å². The summed E-state index contributed by atoms with van der Waals surface area (Å²) in [7, 11) is 0. The zero-order chi connectivity index (χ0) is 15.3. The molecule has 2 aromatic rings. The Morgan fingerprint density at radius 1 is 1.17 bits per heavy atom. The standard InChI is InChI=1S/C21H25NS/c1-2-9-22(8-1)15-21-7-5-16(13-21)11-19(14-21)17-3-4-20-18(12-17)6-10-23-20/h3-4,6,10,12,14,16H,1-2,5,7-9,11,13,15H2. The number of hydrogen-bond acceptors (Lipinski definition) is 2. The van der Waals surface area contributed by atoms with Gasteiger partial charge in [-0.05, 0) is 97.6 Å². The van der Waals surface area contributed by atoms with Gasteiger partial charge in [0.25, 0.3) is 0 Å². The summed E-state index contributed by atoms with van der Waals surface area (Å²) < 4.78 is 1.42. The molecule has 2 heterocycles. The lowest BCUT2D eigenvalue weighted by Crippen LogP contribution is -2.34. The van der Waals surface area contributed by atoms with Crippen molar-refractivity contribution < 1.29 is 0 Å². The molecular formula is C21H25NS. The molecule has 2 unspecified atom stereocenters. The Kier molecular flexibility index (Phi) is 3.38. The molecule has 23 heavy (non-hydrogen) atoms. The third-order valence-electron chi connectivity index (χ3n) is 6.30. The highest BCUT2D eigenvalue weighted by Crippen LogP contribution is 2.52. The first-order chi connectivity index (χ1) is 11.3. The molecule has 2 atom stereocenters. The van der Waals surface area contributed by atoms with Crippen LogP contribution in [0.4, 0.5) is 0 Å². The first-order valence-electron chi connectivity index (χ1n) is 9.21. The Bertz CT molecular complexity index is 752. The van der Waals surface area contributed by atoms with Crippen LogP contribution in [-0.4, -0.2) is 24.5 Å². The summed E-state index contributed by atoms with van der Waals surface area (Å²) in [5.41, 5.74) is 3.59. The van der Waals surface area contributed by atoms with Crippen LogP contribution < -0.4 is 0 Å². The first kappa shape index (κ1) is 14.2. The van der Waals surface area contributed by atoms with Crippen molar-refractivity contribution in [3.63, 3.8) is 0 Å². The summed E-state index contributed by atoms with van der Waals surface area (Å²) in [4.78, 5) is 2.73. The van der Waals surface area contributed by atoms with Crippen LogP contribution >= 0.6 is 11.3 Å². The topological polar surface area (TPSA) is 3.24 Å². The van der Waals surface area contributed by atoms with E-state index in [9.17, 15) is 0 Å². The van der Waals surface area contributed by atoms with Gasteiger partial charge in [0.1, 0.15) is 0 Å². The lowest BCUT2D eigenvalue weighted by molar-refractivity contribution is 0.215. The Morgan fingerprint density at radius 2 is 2.09 bits per heavy atom. The number of benzene rings is 1. The number of likely N-dealkylation sites (tertiary alicyclic amines) is 1. The van der Waals surface area contributed by atoms with E-state index in [2.05, 4.69) is 40.6 Å². The molecule has 1 saturated carbocycles. The highest BCUT2D eigenvalue weighted by molar-refractivity contribution is 7.17. The minimum Gasteiger partial charge on any atom is -0.302 e. The molecule has 2 heteroatoms. The molecule has 0 amide bonds. The fourth-order valence-corrected chi connectivity index (χ4v) is 6.03. The monoisotopic (exact) mass is 323 g/mol. The number of hydrogen-bond donors (Lipinski definition) is 0. The SMILES string of the molecule is C1=C(c2ccc3sccc3c2)CC2CCC1(CN1CCCC1)C2. The van der Waals surface area contributed by atoms with Crippen molar-refractivity contribution >= 4 is 27.0 Å². The molecule has 0 N–H and O–H groups in total. The maximum atomic E-state index is 2.73. The van der Waals surface area contributed by atoms with Crippen molar-refractivity contribution in [1.82, 2.24) is 4.90 Å². The van der Waals surface area contributed by atoms with Crippen molar-refractivity contribution in [2.45, 2.75) is 38.5 Å². The molecule has 0 spiro atoms. The second-order valence-corrected chi connectivity index (χ2v) is 8.95. The lowest BCUT2D eigenvalue weighted by Gasteiger charge is -2.35. The average molecular weight is 324 g/mol. The van der Waals surface area contributed by atoms with Gasteiger partial charge < -0.3 is 4.90 Å². The van der Waals surface area contributed by atoms with Gasteiger partial charge in [0.15, 0.2) is 0 Å². The van der Waals surface area contributed by atoms with Gasteiger partial charge in [-0.25, -0.2) is 0 Å². The van der Waals surface area contributed by atoms with Gasteiger partial charge in [0, 0.05) is 16.7 Å². The molecular weight excluding hydrogens is 298 g/mol. The second-order valence-electron chi connectivity index (χ2n) is 8.00. The second kappa shape index (κ2) is 5.46. The van der Waals surface area contributed by atoms with E-state index in [1.54, 1.807) is 5.57 Å². The van der Waals surface area contributed by atoms with E-state index in [0.29, 0.717) is 5.41 Å². The lowest BCUT2D eigenvalue weighted by atomic mass is 9.76. The predicted octanol–water partition coefficient (Wildman–Crippen LogP) is 5.57. The molecule has 1 aliphatic heterocycles. The van der Waals surface area contributed by atoms with Gasteiger partial charge in [0.2, 0.25) is 0 Å². The van der Waals surface area contributed by atoms with Gasteiger partial charge in [-0.3, -0.25) is 0 Å². The zero-order valence-corrected chi connectivity index (χ0v) is 14.6. The molecule has 2 bridgehead atoms. The maximum Gasteiger partial charge on any atom is 0.0343 e. The molecule has 1 aromatic carbocycles. The summed E-state index contributed by atoms with van der Waals surface area (Å²) in [5.74, 6) is 0.927. The molecule has 120 valence electrons. The van der Waals surface area contributed by atoms with Gasteiger partial charge >= 0.3 is 0 Å². The molecule has 2 aliphatic carbocycles. The number of nitrogens with zero attached hydrogens (tertiary/aromatic N) is 1. The minimum atomic E-state index is 0.478. The molecule has 2 fully saturated rings. The van der Waals surface area contributed by atoms with Gasteiger partial charge in [-0.2, -0.15) is 0 Å². The first-order valence-corrected chi connectivity index (χ1v) is 10.1. The Labute approximate surface area is 143 Å². The fourth-order valence-electron chi connectivity index (χ4n) is 5.26. The van der Waals surface area contributed by atoms with Crippen LogP contribution in [-0.2, 0) is 0 Å². The summed E-state index contributed by atoms with van der Waals surface area (Å²) >= 11 is 1.85. The summed E-state index contributed by atoms with van der Waals surface area (Å²) in [6.07, 6.45) is 11.1. The van der Waals surface area contributed by atoms with Crippen LogP contribution in [0.1, 0.15) is 44.1 Å². The van der Waals surface area contributed by atoms with E-state index in [4.69, 9.17) is 0 Å². The number of fused-ring (bicyclic) bond motifs is 3. The van der Waals surface area contributed by atoms with Crippen molar-refractivity contribution in [1.29, 1.82) is 0 Å². The van der Waals surface area contributed by atoms with Crippen LogP contribution in [0.5, 0.6) is 0 Å². The van der Waals surface area contributed by atoms with E-state index in [1.165, 1.54) is 73.8 Å². The minimum absolute atomic E-state index is 0.478. The van der Waals surface area contributed by atoms with E-state index >= 15 is 0 Å². The molecule has 0 radical (unpaired) electrons. The number of allylic oxidation sites excluding steroid dienone is 1. The quantitative estimate of drug-likeness (QED) is 0.713. The van der Waals surface area contributed by atoms with E-state index in [1.807, 2.05) is 11.3 Å². The zero-order valence-electron chi connectivity index (χ0n) is 13.8. The van der Waals surface area contributed by atoms with Crippen LogP contribution in [0.15, 0.2) is 35.7 Å². The average Bonchev–Trinajstić information content (AvgIpc) is 3.28. The van der Waals surface area contributed by atoms with Crippen molar-refractivity contribution in [3.8, 4) is 0 Å². The maximum absolute atomic E-state index is 2.73. The summed E-state index contributed by atoms with van der Waals surface area (Å²) in [6.45, 7) is 3.97. The third-order valence-corrected chi connectivity index (χ3v) is 7.19. The summed E-state index contributed by atoms with van der Waals surface area (Å²) in [5, 5.41) is 3.63. The molecule has 1 aromatic heterocycles. The molecule has 1 saturated heterocycles. The smallest absolute Gasteiger partial charge is 0.0343 e. The molecule has 3 aliphatic rings. The third kappa shape index (κ3) is 2.56. The normalized spacial score (nSPS) is 31.0. The van der Waals surface area contributed by atoms with E-state index in [0.717, 1.165) is 5.92 Å². The van der Waals surface area contributed by atoms with Gasteiger partial charge in [-0.1, -0.05) is 12.1 Å². The number of thiophene rings is 1. The van der Waals surface area contributed by atoms with E-state index in [-0.39, 0.29) is 0 Å². The van der Waals surface area contributed by atoms with Crippen LogP contribution in [0.2, 0.25) is 0 Å². The summed E-state index contributed by atoms with van der Waals surface area (Å²) in [6, 6.07) is 9.37. The molecule has 5 rings (SSSR count). The Balaban J connectivity index is 1.49. The van der Waals surface area contributed by atoms with Crippen LogP contribution in [0.3, 0.4) is 0 Å². The van der Waals surface area contributed by atoms with Gasteiger partial charge in [-0.15, -0.1) is 11.3 Å².